The van der Waals surface area contributed by atoms with E-state index in [1.165, 1.54) is 4.90 Å². The zero-order valence-electron chi connectivity index (χ0n) is 15.3. The maximum absolute atomic E-state index is 12.7. The molecule has 2 aliphatic rings. The molecule has 2 amide bonds. The Morgan fingerprint density at radius 1 is 1.16 bits per heavy atom. The number of nitrogens with one attached hydrogen (secondary N) is 1. The van der Waals surface area contributed by atoms with Crippen LogP contribution in [-0.2, 0) is 9.47 Å². The number of benzene rings is 1. The van der Waals surface area contributed by atoms with Crippen LogP contribution in [0.25, 0.3) is 0 Å². The molecule has 0 bridgehead atoms. The van der Waals surface area contributed by atoms with Crippen molar-refractivity contribution in [2.75, 3.05) is 25.1 Å². The summed E-state index contributed by atoms with van der Waals surface area (Å²) in [7, 11) is 0. The molecule has 0 aromatic heterocycles. The summed E-state index contributed by atoms with van der Waals surface area (Å²) in [6.45, 7) is 8.55. The Kier molecular flexibility index (Phi) is 5.92. The van der Waals surface area contributed by atoms with Gasteiger partial charge in [0.05, 0.1) is 19.3 Å². The minimum absolute atomic E-state index is 0.00645. The van der Waals surface area contributed by atoms with E-state index in [-0.39, 0.29) is 23.1 Å². The number of carbonyl (C=O) groups is 1. The number of ether oxygens (including phenoxy) is 2. The summed E-state index contributed by atoms with van der Waals surface area (Å²) in [5.74, 6) is 0. The molecule has 3 rings (SSSR count). The van der Waals surface area contributed by atoms with Gasteiger partial charge in [0.1, 0.15) is 0 Å². The van der Waals surface area contributed by atoms with Gasteiger partial charge in [-0.15, -0.1) is 11.8 Å². The third kappa shape index (κ3) is 5.12. The van der Waals surface area contributed by atoms with E-state index in [9.17, 15) is 4.79 Å². The molecular weight excluding hydrogens is 336 g/mol. The molecule has 1 aromatic carbocycles. The molecule has 2 aliphatic heterocycles. The van der Waals surface area contributed by atoms with Gasteiger partial charge in [-0.1, -0.05) is 20.8 Å². The van der Waals surface area contributed by atoms with Gasteiger partial charge in [0.25, 0.3) is 0 Å². The fourth-order valence-corrected chi connectivity index (χ4v) is 4.23. The van der Waals surface area contributed by atoms with Crippen LogP contribution in [0.5, 0.6) is 0 Å². The number of rotatable bonds is 3. The minimum Gasteiger partial charge on any atom is -0.348 e. The van der Waals surface area contributed by atoms with Crippen molar-refractivity contribution in [1.82, 2.24) is 4.90 Å². The van der Waals surface area contributed by atoms with Crippen LogP contribution in [0.15, 0.2) is 29.2 Å². The number of likely N-dealkylation sites (tertiary alicyclic amines) is 1. The maximum atomic E-state index is 12.7. The lowest BCUT2D eigenvalue weighted by atomic mass is 10.0. The first-order valence-electron chi connectivity index (χ1n) is 9.02. The zero-order chi connectivity index (χ0) is 17.9. The van der Waals surface area contributed by atoms with E-state index in [1.54, 1.807) is 0 Å². The predicted molar refractivity (Wildman–Crippen MR) is 101 cm³/mol. The molecule has 0 saturated carbocycles. The quantitative estimate of drug-likeness (QED) is 0.811. The third-order valence-corrected chi connectivity index (χ3v) is 5.42. The summed E-state index contributed by atoms with van der Waals surface area (Å²) in [6, 6.07) is 7.98. The van der Waals surface area contributed by atoms with Crippen LogP contribution in [-0.4, -0.2) is 47.8 Å². The van der Waals surface area contributed by atoms with Gasteiger partial charge < -0.3 is 19.7 Å². The van der Waals surface area contributed by atoms with Crippen molar-refractivity contribution in [2.45, 2.75) is 62.0 Å². The molecule has 0 spiro atoms. The molecule has 1 atom stereocenters. The summed E-state index contributed by atoms with van der Waals surface area (Å²) in [5, 5.41) is 3.02. The second-order valence-electron chi connectivity index (χ2n) is 7.54. The highest BCUT2D eigenvalue weighted by molar-refractivity contribution is 8.00. The lowest BCUT2D eigenvalue weighted by Crippen LogP contribution is -2.51. The molecule has 1 N–H and O–H groups in total. The number of thioether (sulfide) groups is 1. The van der Waals surface area contributed by atoms with Gasteiger partial charge in [0.2, 0.25) is 0 Å². The normalized spacial score (nSPS) is 22.2. The molecule has 5 nitrogen and oxygen atoms in total. The second kappa shape index (κ2) is 7.98. The van der Waals surface area contributed by atoms with Gasteiger partial charge in [-0.3, -0.25) is 0 Å². The Labute approximate surface area is 154 Å². The summed E-state index contributed by atoms with van der Waals surface area (Å²) < 4.78 is 11.5. The van der Waals surface area contributed by atoms with E-state index in [1.807, 2.05) is 28.8 Å². The Hall–Kier alpha value is -1.24. The number of amides is 2. The monoisotopic (exact) mass is 364 g/mol. The van der Waals surface area contributed by atoms with E-state index in [2.05, 4.69) is 38.2 Å². The van der Waals surface area contributed by atoms with Gasteiger partial charge in [-0.05, 0) is 43.5 Å². The highest BCUT2D eigenvalue weighted by atomic mass is 32.2. The smallest absolute Gasteiger partial charge is 0.322 e. The number of hydrogen-bond donors (Lipinski definition) is 1. The third-order valence-electron chi connectivity index (χ3n) is 4.30. The molecule has 25 heavy (non-hydrogen) atoms. The average molecular weight is 365 g/mol. The number of urea groups is 1. The van der Waals surface area contributed by atoms with E-state index in [4.69, 9.17) is 9.47 Å². The Bertz CT molecular complexity index is 579. The fraction of sp³-hybridized carbons (Fsp3) is 0.632. The van der Waals surface area contributed by atoms with Gasteiger partial charge in [0.15, 0.2) is 6.29 Å². The van der Waals surface area contributed by atoms with Crippen LogP contribution in [0.3, 0.4) is 0 Å². The molecule has 1 unspecified atom stereocenters. The molecule has 0 radical (unpaired) electrons. The van der Waals surface area contributed by atoms with Gasteiger partial charge >= 0.3 is 6.03 Å². The standard InChI is InChI=1S/C19H28N2O3S/c1-19(2,3)25-15-9-7-14(8-10-15)20-18(22)21-11-5-4-6-16(21)17-23-12-13-24-17/h7-10,16-17H,4-6,11-13H2,1-3H3,(H,20,22). The highest BCUT2D eigenvalue weighted by Gasteiger charge is 2.36. The number of nitrogens with zero attached hydrogens (tertiary/aromatic N) is 1. The SMILES string of the molecule is CC(C)(C)Sc1ccc(NC(=O)N2CCCCC2C2OCCO2)cc1. The van der Waals surface area contributed by atoms with Crippen LogP contribution < -0.4 is 5.32 Å². The first-order chi connectivity index (χ1) is 11.9. The first-order valence-corrected chi connectivity index (χ1v) is 9.84. The molecule has 2 fully saturated rings. The van der Waals surface area contributed by atoms with Crippen molar-refractivity contribution in [3.05, 3.63) is 24.3 Å². The largest absolute Gasteiger partial charge is 0.348 e. The van der Waals surface area contributed by atoms with Crippen molar-refractivity contribution < 1.29 is 14.3 Å². The van der Waals surface area contributed by atoms with Crippen molar-refractivity contribution in [3.63, 3.8) is 0 Å². The van der Waals surface area contributed by atoms with Crippen LogP contribution in [0.2, 0.25) is 0 Å². The summed E-state index contributed by atoms with van der Waals surface area (Å²) in [6.07, 6.45) is 2.78. The summed E-state index contributed by atoms with van der Waals surface area (Å²) in [4.78, 5) is 15.8. The van der Waals surface area contributed by atoms with Crippen LogP contribution in [0.1, 0.15) is 40.0 Å². The Morgan fingerprint density at radius 3 is 2.48 bits per heavy atom. The van der Waals surface area contributed by atoms with E-state index in [0.29, 0.717) is 13.2 Å². The topological polar surface area (TPSA) is 50.8 Å². The van der Waals surface area contributed by atoms with Crippen molar-refractivity contribution in [1.29, 1.82) is 0 Å². The molecule has 138 valence electrons. The van der Waals surface area contributed by atoms with Crippen molar-refractivity contribution in [3.8, 4) is 0 Å². The predicted octanol–water partition coefficient (Wildman–Crippen LogP) is 4.34. The average Bonchev–Trinajstić information content (AvgIpc) is 3.10. The lowest BCUT2D eigenvalue weighted by Gasteiger charge is -2.37. The van der Waals surface area contributed by atoms with Crippen LogP contribution >= 0.6 is 11.8 Å². The van der Waals surface area contributed by atoms with Gasteiger partial charge in [-0.2, -0.15) is 0 Å². The van der Waals surface area contributed by atoms with Gasteiger partial charge in [0, 0.05) is 21.9 Å². The number of carbonyl (C=O) groups excluding carboxylic acids is 1. The number of anilines is 1. The minimum atomic E-state index is -0.281. The molecule has 2 heterocycles. The highest BCUT2D eigenvalue weighted by Crippen LogP contribution is 2.32. The molecular formula is C19H28N2O3S. The second-order valence-corrected chi connectivity index (χ2v) is 9.44. The van der Waals surface area contributed by atoms with E-state index in [0.717, 1.165) is 31.5 Å². The molecule has 0 aliphatic carbocycles. The Morgan fingerprint density at radius 2 is 1.84 bits per heavy atom. The molecule has 1 aromatic rings. The van der Waals surface area contributed by atoms with E-state index < -0.39 is 0 Å². The van der Waals surface area contributed by atoms with Crippen LogP contribution in [0.4, 0.5) is 10.5 Å². The lowest BCUT2D eigenvalue weighted by molar-refractivity contribution is -0.0973. The first kappa shape index (κ1) is 18.5. The number of piperidine rings is 1. The molecule has 2 saturated heterocycles. The van der Waals surface area contributed by atoms with Crippen molar-refractivity contribution in [2.24, 2.45) is 0 Å². The summed E-state index contributed by atoms with van der Waals surface area (Å²) >= 11 is 1.82. The Balaban J connectivity index is 1.62. The van der Waals surface area contributed by atoms with Crippen molar-refractivity contribution >= 4 is 23.5 Å². The summed E-state index contributed by atoms with van der Waals surface area (Å²) in [5.41, 5.74) is 0.820. The zero-order valence-corrected chi connectivity index (χ0v) is 16.1. The van der Waals surface area contributed by atoms with Gasteiger partial charge in [-0.25, -0.2) is 4.79 Å². The van der Waals surface area contributed by atoms with E-state index >= 15 is 0 Å². The molecule has 6 heteroatoms. The number of hydrogen-bond acceptors (Lipinski definition) is 4. The fourth-order valence-electron chi connectivity index (χ4n) is 3.25. The van der Waals surface area contributed by atoms with Crippen LogP contribution in [0, 0.1) is 0 Å². The maximum Gasteiger partial charge on any atom is 0.322 e.